The summed E-state index contributed by atoms with van der Waals surface area (Å²) in [5, 5.41) is 10.1. The van der Waals surface area contributed by atoms with E-state index in [0.29, 0.717) is 14.3 Å². The number of para-hydroxylation sites is 1. The molecule has 0 heterocycles. The fourth-order valence-corrected chi connectivity index (χ4v) is 5.63. The third kappa shape index (κ3) is 3.59. The Morgan fingerprint density at radius 1 is 0.536 bits per heavy atom. The van der Waals surface area contributed by atoms with Gasteiger partial charge in [-0.1, -0.05) is 118 Å². The lowest BCUT2D eigenvalue weighted by Gasteiger charge is -2.36. The standard InChI is InChI=1S/C26H23OP/c27-25-19-11-10-12-21(25)20-28-26(22-13-4-1-5-14-22,23-15-6-2-7-16-23)24-17-8-3-9-18-24/h1-19,27-28H,20H2. The van der Waals surface area contributed by atoms with Crippen molar-refractivity contribution in [2.24, 2.45) is 0 Å². The minimum Gasteiger partial charge on any atom is -0.508 e. The van der Waals surface area contributed by atoms with Gasteiger partial charge in [0.1, 0.15) is 5.75 Å². The van der Waals surface area contributed by atoms with E-state index in [0.717, 1.165) is 11.7 Å². The first-order valence-electron chi connectivity index (χ1n) is 9.49. The zero-order chi connectivity index (χ0) is 19.2. The SMILES string of the molecule is Oc1ccccc1CPC(c1ccccc1)(c1ccccc1)c1ccccc1. The van der Waals surface area contributed by atoms with Crippen molar-refractivity contribution in [3.8, 4) is 5.75 Å². The van der Waals surface area contributed by atoms with Gasteiger partial charge in [0, 0.05) is 0 Å². The van der Waals surface area contributed by atoms with Crippen LogP contribution in [0, 0.1) is 0 Å². The molecular formula is C26H23OP. The van der Waals surface area contributed by atoms with Crippen LogP contribution in [0.15, 0.2) is 115 Å². The fraction of sp³-hybridized carbons (Fsp3) is 0.0769. The number of rotatable bonds is 6. The number of phenolic OH excluding ortho intramolecular Hbond substituents is 1. The fourth-order valence-electron chi connectivity index (χ4n) is 3.76. The van der Waals surface area contributed by atoms with E-state index < -0.39 is 0 Å². The molecule has 0 radical (unpaired) electrons. The molecule has 4 rings (SSSR count). The Hall–Kier alpha value is -2.89. The lowest BCUT2D eigenvalue weighted by molar-refractivity contribution is 0.470. The summed E-state index contributed by atoms with van der Waals surface area (Å²) in [6, 6.07) is 39.9. The molecule has 1 atom stereocenters. The van der Waals surface area contributed by atoms with Crippen molar-refractivity contribution >= 4 is 8.58 Å². The third-order valence-corrected chi connectivity index (χ3v) is 7.11. The molecule has 0 spiro atoms. The molecule has 4 aromatic rings. The minimum absolute atomic E-state index is 0.258. The maximum absolute atomic E-state index is 10.3. The first-order chi connectivity index (χ1) is 13.8. The number of phenols is 1. The molecule has 0 aliphatic carbocycles. The van der Waals surface area contributed by atoms with Crippen molar-refractivity contribution in [2.45, 2.75) is 11.3 Å². The zero-order valence-electron chi connectivity index (χ0n) is 15.6. The summed E-state index contributed by atoms with van der Waals surface area (Å²) in [7, 11) is 0.540. The lowest BCUT2D eigenvalue weighted by atomic mass is 9.84. The first-order valence-corrected chi connectivity index (χ1v) is 10.7. The molecule has 1 N–H and O–H groups in total. The van der Waals surface area contributed by atoms with Crippen LogP contribution in [-0.4, -0.2) is 5.11 Å². The van der Waals surface area contributed by atoms with Gasteiger partial charge in [0.15, 0.2) is 0 Å². The molecule has 0 bridgehead atoms. The summed E-state index contributed by atoms with van der Waals surface area (Å²) in [5.74, 6) is 0.373. The van der Waals surface area contributed by atoms with Gasteiger partial charge >= 0.3 is 0 Å². The van der Waals surface area contributed by atoms with Crippen LogP contribution in [0.4, 0.5) is 0 Å². The van der Waals surface area contributed by atoms with Crippen LogP contribution >= 0.6 is 8.58 Å². The molecule has 1 unspecified atom stereocenters. The van der Waals surface area contributed by atoms with Gasteiger partial charge in [-0.25, -0.2) is 0 Å². The van der Waals surface area contributed by atoms with Gasteiger partial charge in [-0.3, -0.25) is 0 Å². The second-order valence-corrected chi connectivity index (χ2v) is 8.29. The maximum atomic E-state index is 10.3. The van der Waals surface area contributed by atoms with E-state index in [9.17, 15) is 5.11 Å². The Balaban J connectivity index is 1.89. The number of hydrogen-bond acceptors (Lipinski definition) is 1. The predicted molar refractivity (Wildman–Crippen MR) is 119 cm³/mol. The van der Waals surface area contributed by atoms with Gasteiger partial charge in [-0.15, -0.1) is 0 Å². The second-order valence-electron chi connectivity index (χ2n) is 6.83. The summed E-state index contributed by atoms with van der Waals surface area (Å²) in [6.45, 7) is 0. The Bertz CT molecular complexity index is 917. The lowest BCUT2D eigenvalue weighted by Crippen LogP contribution is -2.24. The summed E-state index contributed by atoms with van der Waals surface area (Å²) >= 11 is 0. The molecule has 2 heteroatoms. The van der Waals surface area contributed by atoms with Crippen LogP contribution < -0.4 is 0 Å². The largest absolute Gasteiger partial charge is 0.508 e. The maximum Gasteiger partial charge on any atom is 0.119 e. The Morgan fingerprint density at radius 3 is 1.36 bits per heavy atom. The van der Waals surface area contributed by atoms with Crippen LogP contribution in [0.1, 0.15) is 22.3 Å². The monoisotopic (exact) mass is 382 g/mol. The van der Waals surface area contributed by atoms with Crippen LogP contribution in [0.25, 0.3) is 0 Å². The predicted octanol–water partition coefficient (Wildman–Crippen LogP) is 6.56. The molecule has 0 aliphatic rings. The Kier molecular flexibility index (Phi) is 5.55. The Labute approximate surface area is 168 Å². The van der Waals surface area contributed by atoms with Crippen molar-refractivity contribution in [1.29, 1.82) is 0 Å². The van der Waals surface area contributed by atoms with Gasteiger partial charge in [0.05, 0.1) is 5.16 Å². The van der Waals surface area contributed by atoms with Crippen molar-refractivity contribution < 1.29 is 5.11 Å². The van der Waals surface area contributed by atoms with Crippen LogP contribution in [0.2, 0.25) is 0 Å². The molecule has 0 saturated heterocycles. The first kappa shape index (κ1) is 18.5. The van der Waals surface area contributed by atoms with E-state index >= 15 is 0 Å². The topological polar surface area (TPSA) is 20.2 Å². The highest BCUT2D eigenvalue weighted by atomic mass is 31.1. The highest BCUT2D eigenvalue weighted by molar-refractivity contribution is 7.39. The van der Waals surface area contributed by atoms with Gasteiger partial charge in [-0.05, 0) is 34.5 Å². The van der Waals surface area contributed by atoms with Gasteiger partial charge in [0.25, 0.3) is 0 Å². The molecule has 0 fully saturated rings. The van der Waals surface area contributed by atoms with Gasteiger partial charge < -0.3 is 5.11 Å². The van der Waals surface area contributed by atoms with E-state index in [4.69, 9.17) is 0 Å². The second kappa shape index (κ2) is 8.42. The van der Waals surface area contributed by atoms with Crippen LogP contribution in [-0.2, 0) is 11.3 Å². The minimum atomic E-state index is -0.258. The van der Waals surface area contributed by atoms with Gasteiger partial charge in [0.2, 0.25) is 0 Å². The normalized spacial score (nSPS) is 11.7. The third-order valence-electron chi connectivity index (χ3n) is 5.16. The van der Waals surface area contributed by atoms with Crippen molar-refractivity contribution in [3.63, 3.8) is 0 Å². The quantitative estimate of drug-likeness (QED) is 0.296. The highest BCUT2D eigenvalue weighted by Gasteiger charge is 2.36. The Morgan fingerprint density at radius 2 is 0.929 bits per heavy atom. The molecule has 138 valence electrons. The van der Waals surface area contributed by atoms with E-state index in [2.05, 4.69) is 91.0 Å². The van der Waals surface area contributed by atoms with Crippen molar-refractivity contribution in [3.05, 3.63) is 138 Å². The molecule has 4 aromatic carbocycles. The van der Waals surface area contributed by atoms with Crippen LogP contribution in [0.3, 0.4) is 0 Å². The molecule has 0 saturated carbocycles. The average Bonchev–Trinajstić information content (AvgIpc) is 2.78. The molecule has 0 aliphatic heterocycles. The zero-order valence-corrected chi connectivity index (χ0v) is 16.6. The molecule has 28 heavy (non-hydrogen) atoms. The average molecular weight is 382 g/mol. The summed E-state index contributed by atoms with van der Waals surface area (Å²) in [4.78, 5) is 0. The molecule has 0 aromatic heterocycles. The summed E-state index contributed by atoms with van der Waals surface area (Å²) in [5.41, 5.74) is 4.83. The number of hydrogen-bond donors (Lipinski definition) is 1. The molecule has 0 amide bonds. The van der Waals surface area contributed by atoms with Gasteiger partial charge in [-0.2, -0.15) is 0 Å². The van der Waals surface area contributed by atoms with E-state index in [1.165, 1.54) is 16.7 Å². The highest BCUT2D eigenvalue weighted by Crippen LogP contribution is 2.54. The summed E-state index contributed by atoms with van der Waals surface area (Å²) in [6.07, 6.45) is 0.811. The number of aromatic hydroxyl groups is 1. The van der Waals surface area contributed by atoms with Crippen LogP contribution in [0.5, 0.6) is 5.75 Å². The van der Waals surface area contributed by atoms with Crippen molar-refractivity contribution in [1.82, 2.24) is 0 Å². The number of benzene rings is 4. The van der Waals surface area contributed by atoms with Crippen molar-refractivity contribution in [2.75, 3.05) is 0 Å². The smallest absolute Gasteiger partial charge is 0.119 e. The summed E-state index contributed by atoms with van der Waals surface area (Å²) < 4.78 is 0. The van der Waals surface area contributed by atoms with E-state index in [1.807, 2.05) is 18.2 Å². The van der Waals surface area contributed by atoms with E-state index in [-0.39, 0.29) is 5.16 Å². The van der Waals surface area contributed by atoms with E-state index in [1.54, 1.807) is 6.07 Å². The molecule has 1 nitrogen and oxygen atoms in total. The molecular weight excluding hydrogens is 359 g/mol.